The number of aliphatic hydroxyl groups is 5. The van der Waals surface area contributed by atoms with Gasteiger partial charge in [0, 0.05) is 26.9 Å². The van der Waals surface area contributed by atoms with Crippen LogP contribution >= 0.6 is 0 Å². The monoisotopic (exact) mass is 1060 g/mol. The van der Waals surface area contributed by atoms with E-state index < -0.39 is 176 Å². The van der Waals surface area contributed by atoms with Crippen molar-refractivity contribution in [3.05, 3.63) is 0 Å². The molecule has 30 nitrogen and oxygen atoms in total. The van der Waals surface area contributed by atoms with Crippen LogP contribution in [0.25, 0.3) is 0 Å². The maximum atomic E-state index is 14.3. The zero-order chi connectivity index (χ0) is 55.7. The van der Waals surface area contributed by atoms with Crippen molar-refractivity contribution < 1.29 is 92.9 Å². The zero-order valence-electron chi connectivity index (χ0n) is 41.9. The molecule has 15 atom stereocenters. The highest BCUT2D eigenvalue weighted by molar-refractivity contribution is 5.99. The summed E-state index contributed by atoms with van der Waals surface area (Å²) in [5, 5.41) is 77.0. The summed E-state index contributed by atoms with van der Waals surface area (Å²) in [7, 11) is 0. The molecule has 0 bridgehead atoms. The summed E-state index contributed by atoms with van der Waals surface area (Å²) >= 11 is 0. The van der Waals surface area contributed by atoms with E-state index in [0.717, 1.165) is 27.7 Å². The van der Waals surface area contributed by atoms with Crippen LogP contribution in [-0.4, -0.2) is 230 Å². The number of aliphatic hydroxyl groups excluding tert-OH is 5. The Morgan fingerprint density at radius 2 is 1.31 bits per heavy atom. The van der Waals surface area contributed by atoms with Crippen molar-refractivity contribution in [3.8, 4) is 0 Å². The number of ether oxygens (including phenoxy) is 2. The molecular weight excluding hydrogens is 987 g/mol. The summed E-state index contributed by atoms with van der Waals surface area (Å²) in [5.74, 6) is -11.0. The molecule has 3 aliphatic heterocycles. The summed E-state index contributed by atoms with van der Waals surface area (Å²) < 4.78 is 11.6. The Hall–Kier alpha value is -6.15. The average Bonchev–Trinajstić information content (AvgIpc) is 4.04. The fraction of sp³-hybridized carbons (Fsp3) is 0.750. The molecule has 0 aromatic carbocycles. The first-order chi connectivity index (χ1) is 34.8. The van der Waals surface area contributed by atoms with E-state index >= 15 is 0 Å². The van der Waals surface area contributed by atoms with Gasteiger partial charge < -0.3 is 98.6 Å². The van der Waals surface area contributed by atoms with E-state index in [1.54, 1.807) is 0 Å². The van der Waals surface area contributed by atoms with Gasteiger partial charge in [-0.25, -0.2) is 0 Å². The largest absolute Gasteiger partial charge is 0.480 e. The van der Waals surface area contributed by atoms with Crippen LogP contribution in [0.3, 0.4) is 0 Å². The smallest absolute Gasteiger partial charge is 0.325 e. The third-order valence-corrected chi connectivity index (χ3v) is 12.6. The van der Waals surface area contributed by atoms with Crippen LogP contribution in [0.15, 0.2) is 0 Å². The van der Waals surface area contributed by atoms with E-state index in [-0.39, 0.29) is 32.4 Å². The van der Waals surface area contributed by atoms with Crippen molar-refractivity contribution in [2.75, 3.05) is 32.8 Å². The zero-order valence-corrected chi connectivity index (χ0v) is 41.9. The van der Waals surface area contributed by atoms with Crippen molar-refractivity contribution in [1.82, 2.24) is 47.0 Å². The van der Waals surface area contributed by atoms with Crippen LogP contribution < -0.4 is 48.7 Å². The van der Waals surface area contributed by atoms with Crippen LogP contribution in [0, 0.1) is 0 Å². The first-order valence-corrected chi connectivity index (χ1v) is 24.2. The third-order valence-electron chi connectivity index (χ3n) is 12.6. The van der Waals surface area contributed by atoms with Gasteiger partial charge in [0.1, 0.15) is 72.7 Å². The molecule has 3 aliphatic rings. The minimum Gasteiger partial charge on any atom is -0.480 e. The number of hydrogen-bond acceptors (Lipinski definition) is 19. The first-order valence-electron chi connectivity index (χ1n) is 24.2. The summed E-state index contributed by atoms with van der Waals surface area (Å²) in [6.07, 6.45) is -9.02. The van der Waals surface area contributed by atoms with Gasteiger partial charge in [-0.2, -0.15) is 0 Å². The van der Waals surface area contributed by atoms with Gasteiger partial charge in [0.05, 0.1) is 31.8 Å². The number of nitrogens with zero attached hydrogens (tertiary/aromatic N) is 2. The highest BCUT2D eigenvalue weighted by Gasteiger charge is 2.48. The maximum absolute atomic E-state index is 14.3. The Morgan fingerprint density at radius 1 is 0.716 bits per heavy atom. The van der Waals surface area contributed by atoms with Crippen molar-refractivity contribution in [2.24, 2.45) is 11.5 Å². The number of nitrogens with two attached hydrogens (primary N) is 2. The van der Waals surface area contributed by atoms with E-state index in [0.29, 0.717) is 32.2 Å². The minimum atomic E-state index is -2.08. The molecule has 0 aromatic heterocycles. The summed E-state index contributed by atoms with van der Waals surface area (Å²) in [6.45, 7) is 4.18. The molecule has 30 heteroatoms. The Balaban J connectivity index is 1.97. The van der Waals surface area contributed by atoms with Gasteiger partial charge in [-0.15, -0.1) is 0 Å². The fourth-order valence-corrected chi connectivity index (χ4v) is 8.66. The first kappa shape index (κ1) is 62.1. The quantitative estimate of drug-likeness (QED) is 0.0340. The normalized spacial score (nSPS) is 24.8. The highest BCUT2D eigenvalue weighted by Crippen LogP contribution is 2.27. The second kappa shape index (κ2) is 29.1. The number of hydrogen-bond donors (Lipinski definition) is 15. The lowest BCUT2D eigenvalue weighted by molar-refractivity contribution is -0.281. The number of rotatable bonds is 27. The second-order valence-corrected chi connectivity index (χ2v) is 18.4. The molecule has 0 unspecified atom stereocenters. The van der Waals surface area contributed by atoms with Crippen molar-refractivity contribution in [1.29, 1.82) is 0 Å². The number of carbonyl (C=O) groups excluding carboxylic acids is 10. The summed E-state index contributed by atoms with van der Waals surface area (Å²) in [5.41, 5.74) is 11.1. The number of carboxylic acids is 1. The Bertz CT molecular complexity index is 2030. The van der Waals surface area contributed by atoms with Crippen molar-refractivity contribution >= 4 is 65.0 Å². The molecule has 0 aliphatic carbocycles. The number of unbranched alkanes of at least 4 members (excludes halogenated alkanes) is 1. The van der Waals surface area contributed by atoms with Gasteiger partial charge >= 0.3 is 5.97 Å². The Labute approximate surface area is 425 Å². The van der Waals surface area contributed by atoms with E-state index in [9.17, 15) is 83.4 Å². The van der Waals surface area contributed by atoms with Crippen molar-refractivity contribution in [3.63, 3.8) is 0 Å². The number of aliphatic carboxylic acids is 1. The molecule has 3 rings (SSSR count). The predicted octanol–water partition coefficient (Wildman–Crippen LogP) is -8.27. The predicted molar refractivity (Wildman–Crippen MR) is 251 cm³/mol. The molecule has 0 saturated carbocycles. The van der Waals surface area contributed by atoms with E-state index in [4.69, 9.17) is 20.9 Å². The molecule has 0 aromatic rings. The number of primary amides is 1. The van der Waals surface area contributed by atoms with Crippen LogP contribution in [0.5, 0.6) is 0 Å². The molecule has 3 fully saturated rings. The maximum Gasteiger partial charge on any atom is 0.325 e. The van der Waals surface area contributed by atoms with Gasteiger partial charge in [0.15, 0.2) is 6.29 Å². The lowest BCUT2D eigenvalue weighted by Gasteiger charge is -2.43. The van der Waals surface area contributed by atoms with Crippen LogP contribution in [-0.2, 0) is 62.2 Å². The fourth-order valence-electron chi connectivity index (χ4n) is 8.66. The van der Waals surface area contributed by atoms with Crippen molar-refractivity contribution in [2.45, 2.75) is 177 Å². The number of amides is 10. The molecule has 3 saturated heterocycles. The van der Waals surface area contributed by atoms with Gasteiger partial charge in [-0.1, -0.05) is 0 Å². The van der Waals surface area contributed by atoms with E-state index in [2.05, 4.69) is 31.9 Å². The van der Waals surface area contributed by atoms with Gasteiger partial charge in [-0.05, 0) is 72.3 Å². The Morgan fingerprint density at radius 3 is 1.86 bits per heavy atom. The number of carboxylic acid groups (broad SMARTS) is 1. The minimum absolute atomic E-state index is 0.0552. The average molecular weight is 1060 g/mol. The molecule has 418 valence electrons. The lowest BCUT2D eigenvalue weighted by atomic mass is 9.96. The molecule has 0 radical (unpaired) electrons. The molecule has 0 spiro atoms. The molecule has 10 amide bonds. The van der Waals surface area contributed by atoms with Crippen LogP contribution in [0.2, 0.25) is 0 Å². The Kier molecular flexibility index (Phi) is 24.4. The van der Waals surface area contributed by atoms with Gasteiger partial charge in [-0.3, -0.25) is 52.7 Å². The molecule has 3 heterocycles. The molecular formula is C44H73N11O19. The topological polar surface area (TPSA) is 470 Å². The number of carbonyl (C=O) groups is 11. The van der Waals surface area contributed by atoms with E-state index in [1.165, 1.54) is 16.7 Å². The molecule has 17 N–H and O–H groups in total. The lowest BCUT2D eigenvalue weighted by Crippen LogP contribution is -2.67. The SMILES string of the molecule is CC(=O)N[C@H]1[C@H](O[C@H](C)[C@H](NC(=O)[C@H](CC(N)=O)NC(=O)[C@@H]2CCCN2C(=O)[C@@H]2CCCN2C(=O)[C@H](CCCCN)NC(C)=O)C(=O)N[C@H](C(=O)N[C@@H](CO)C(=O)N[C@@H](C)C(=O)O)[C@@H](C)O)O[C@H](CO)[C@@H](O)[C@@H]1O. The summed E-state index contributed by atoms with van der Waals surface area (Å²) in [6, 6.07) is -14.1. The molecule has 74 heavy (non-hydrogen) atoms. The summed E-state index contributed by atoms with van der Waals surface area (Å²) in [4.78, 5) is 148. The standard InChI is InChI=1S/C44H73N11O19/c1-19(43(71)72)47-37(65)26(17-56)51-39(67)31(20(2)58)52-40(68)32(21(3)73-44-33(49-23(5)60)35(63)34(62)29(18-57)74-44)53-36(64)25(16-30(46)61)50-38(66)27-11-8-14-54(27)42(70)28-12-9-15-55(28)41(69)24(48-22(4)59)10-6-7-13-45/h19-21,24-29,31-35,44,56-58,62-63H,6-18,45H2,1-5H3,(H2,46,61)(H,47,65)(H,48,59)(H,49,60)(H,50,66)(H,51,67)(H,52,68)(H,53,64)(H,71,72)/t19-,20+,21+,24-,25-,26-,27-,28-,29+,31-,32-,33+,34+,35+,44+/m0/s1. The van der Waals surface area contributed by atoms with Gasteiger partial charge in [0.2, 0.25) is 59.1 Å². The number of likely N-dealkylation sites (tertiary alicyclic amines) is 2. The van der Waals surface area contributed by atoms with Crippen LogP contribution in [0.4, 0.5) is 0 Å². The highest BCUT2D eigenvalue weighted by atomic mass is 16.7. The number of nitrogens with one attached hydrogen (secondary N) is 7. The third kappa shape index (κ3) is 17.2. The second-order valence-electron chi connectivity index (χ2n) is 18.4. The van der Waals surface area contributed by atoms with E-state index in [1.807, 2.05) is 5.32 Å². The van der Waals surface area contributed by atoms with Gasteiger partial charge in [0.25, 0.3) is 0 Å². The van der Waals surface area contributed by atoms with Crippen LogP contribution in [0.1, 0.15) is 86.0 Å².